The Hall–Kier alpha value is -0.280. The Balaban J connectivity index is 2.71. The van der Waals surface area contributed by atoms with Gasteiger partial charge in [0.25, 0.3) is 0 Å². The molecular weight excluding hydrogens is 212 g/mol. The Bertz CT molecular complexity index is 252. The molecule has 0 spiro atoms. The van der Waals surface area contributed by atoms with Gasteiger partial charge in [0.2, 0.25) is 0 Å². The van der Waals surface area contributed by atoms with Gasteiger partial charge in [-0.15, -0.1) is 23.5 Å². The maximum Gasteiger partial charge on any atom is 0.115 e. The highest BCUT2D eigenvalue weighted by atomic mass is 32.2. The standard InChI is InChI=1S/C11H16OS2/c1-3-13-11(14-4-2)9-5-7-10(12)8-6-9/h5-8,11-12H,3-4H2,1-2H3. The quantitative estimate of drug-likeness (QED) is 0.772. The van der Waals surface area contributed by atoms with Crippen LogP contribution in [-0.2, 0) is 0 Å². The zero-order valence-corrected chi connectivity index (χ0v) is 10.2. The highest BCUT2D eigenvalue weighted by molar-refractivity contribution is 8.16. The van der Waals surface area contributed by atoms with Crippen LogP contribution in [0.15, 0.2) is 24.3 Å². The molecule has 0 amide bonds. The van der Waals surface area contributed by atoms with E-state index in [1.165, 1.54) is 5.56 Å². The SMILES string of the molecule is CCSC(SCC)c1ccc(O)cc1. The van der Waals surface area contributed by atoms with Crippen molar-refractivity contribution in [2.75, 3.05) is 11.5 Å². The van der Waals surface area contributed by atoms with Crippen molar-refractivity contribution in [1.82, 2.24) is 0 Å². The highest BCUT2D eigenvalue weighted by Gasteiger charge is 2.10. The van der Waals surface area contributed by atoms with Crippen molar-refractivity contribution in [2.45, 2.75) is 18.4 Å². The van der Waals surface area contributed by atoms with Gasteiger partial charge in [0.05, 0.1) is 4.58 Å². The van der Waals surface area contributed by atoms with Gasteiger partial charge in [0, 0.05) is 0 Å². The number of phenols is 1. The van der Waals surface area contributed by atoms with E-state index in [2.05, 4.69) is 13.8 Å². The molecular formula is C11H16OS2. The second kappa shape index (κ2) is 6.25. The minimum Gasteiger partial charge on any atom is -0.508 e. The first kappa shape index (κ1) is 11.8. The van der Waals surface area contributed by atoms with Crippen LogP contribution < -0.4 is 0 Å². The molecule has 1 rings (SSSR count). The van der Waals surface area contributed by atoms with E-state index in [9.17, 15) is 5.11 Å². The zero-order valence-electron chi connectivity index (χ0n) is 8.56. The summed E-state index contributed by atoms with van der Waals surface area (Å²) in [6, 6.07) is 7.53. The molecule has 14 heavy (non-hydrogen) atoms. The summed E-state index contributed by atoms with van der Waals surface area (Å²) in [5.41, 5.74) is 1.29. The monoisotopic (exact) mass is 228 g/mol. The Morgan fingerprint density at radius 1 is 1.07 bits per heavy atom. The van der Waals surface area contributed by atoms with E-state index in [1.54, 1.807) is 12.1 Å². The Kier molecular flexibility index (Phi) is 5.26. The molecule has 78 valence electrons. The molecule has 0 aliphatic heterocycles. The molecule has 0 aliphatic rings. The topological polar surface area (TPSA) is 20.2 Å². The van der Waals surface area contributed by atoms with Gasteiger partial charge in [-0.25, -0.2) is 0 Å². The van der Waals surface area contributed by atoms with Crippen LogP contribution in [-0.4, -0.2) is 16.6 Å². The molecule has 0 unspecified atom stereocenters. The van der Waals surface area contributed by atoms with Gasteiger partial charge in [-0.2, -0.15) is 0 Å². The van der Waals surface area contributed by atoms with Gasteiger partial charge in [0.1, 0.15) is 5.75 Å². The molecule has 1 N–H and O–H groups in total. The van der Waals surface area contributed by atoms with Crippen molar-refractivity contribution in [3.05, 3.63) is 29.8 Å². The van der Waals surface area contributed by atoms with Crippen LogP contribution in [0.4, 0.5) is 0 Å². The van der Waals surface area contributed by atoms with Crippen LogP contribution in [0.2, 0.25) is 0 Å². The summed E-state index contributed by atoms with van der Waals surface area (Å²) in [5, 5.41) is 9.18. The van der Waals surface area contributed by atoms with E-state index in [4.69, 9.17) is 0 Å². The lowest BCUT2D eigenvalue weighted by Gasteiger charge is -2.14. The summed E-state index contributed by atoms with van der Waals surface area (Å²) in [4.78, 5) is 0. The molecule has 0 aromatic heterocycles. The summed E-state index contributed by atoms with van der Waals surface area (Å²) in [6.45, 7) is 4.35. The Labute approximate surface area is 94.3 Å². The third-order valence-corrected chi connectivity index (χ3v) is 4.43. The molecule has 1 aromatic carbocycles. The molecule has 1 nitrogen and oxygen atoms in total. The first-order chi connectivity index (χ1) is 6.77. The number of benzene rings is 1. The molecule has 0 aliphatic carbocycles. The van der Waals surface area contributed by atoms with Crippen molar-refractivity contribution in [3.63, 3.8) is 0 Å². The van der Waals surface area contributed by atoms with Gasteiger partial charge < -0.3 is 5.11 Å². The zero-order chi connectivity index (χ0) is 10.4. The minimum atomic E-state index is 0.343. The summed E-state index contributed by atoms with van der Waals surface area (Å²) >= 11 is 3.88. The van der Waals surface area contributed by atoms with Crippen molar-refractivity contribution < 1.29 is 5.11 Å². The van der Waals surface area contributed by atoms with Gasteiger partial charge >= 0.3 is 0 Å². The predicted molar refractivity (Wildman–Crippen MR) is 67.1 cm³/mol. The normalized spacial score (nSPS) is 10.8. The lowest BCUT2D eigenvalue weighted by atomic mass is 10.2. The van der Waals surface area contributed by atoms with Gasteiger partial charge in [-0.05, 0) is 29.2 Å². The van der Waals surface area contributed by atoms with Crippen LogP contribution in [0.5, 0.6) is 5.75 Å². The number of hydrogen-bond donors (Lipinski definition) is 1. The first-order valence-corrected chi connectivity index (χ1v) is 6.89. The van der Waals surface area contributed by atoms with Crippen LogP contribution in [0.1, 0.15) is 24.0 Å². The number of rotatable bonds is 5. The number of aromatic hydroxyl groups is 1. The van der Waals surface area contributed by atoms with E-state index < -0.39 is 0 Å². The van der Waals surface area contributed by atoms with E-state index >= 15 is 0 Å². The molecule has 0 bridgehead atoms. The number of hydrogen-bond acceptors (Lipinski definition) is 3. The molecule has 0 saturated carbocycles. The third kappa shape index (κ3) is 3.46. The number of phenolic OH excluding ortho intramolecular Hbond substituents is 1. The average molecular weight is 228 g/mol. The molecule has 0 atom stereocenters. The molecule has 0 radical (unpaired) electrons. The Morgan fingerprint density at radius 2 is 1.57 bits per heavy atom. The molecule has 3 heteroatoms. The van der Waals surface area contributed by atoms with Crippen molar-refractivity contribution >= 4 is 23.5 Å². The van der Waals surface area contributed by atoms with Crippen LogP contribution >= 0.6 is 23.5 Å². The largest absolute Gasteiger partial charge is 0.508 e. The lowest BCUT2D eigenvalue weighted by Crippen LogP contribution is -1.90. The second-order valence-electron chi connectivity index (χ2n) is 2.83. The second-order valence-corrected chi connectivity index (χ2v) is 5.90. The first-order valence-electron chi connectivity index (χ1n) is 4.80. The summed E-state index contributed by atoms with van der Waals surface area (Å²) in [7, 11) is 0. The fraction of sp³-hybridized carbons (Fsp3) is 0.455. The fourth-order valence-electron chi connectivity index (χ4n) is 1.17. The van der Waals surface area contributed by atoms with E-state index in [1.807, 2.05) is 35.7 Å². The molecule has 0 saturated heterocycles. The average Bonchev–Trinajstić information content (AvgIpc) is 2.19. The van der Waals surface area contributed by atoms with Crippen LogP contribution in [0.25, 0.3) is 0 Å². The van der Waals surface area contributed by atoms with Crippen molar-refractivity contribution in [2.24, 2.45) is 0 Å². The highest BCUT2D eigenvalue weighted by Crippen LogP contribution is 2.39. The molecule has 0 heterocycles. The van der Waals surface area contributed by atoms with E-state index in [0.717, 1.165) is 11.5 Å². The number of thioether (sulfide) groups is 2. The van der Waals surface area contributed by atoms with Gasteiger partial charge in [-0.1, -0.05) is 26.0 Å². The van der Waals surface area contributed by atoms with Gasteiger partial charge in [0.15, 0.2) is 0 Å². The maximum absolute atomic E-state index is 9.18. The fourth-order valence-corrected chi connectivity index (χ4v) is 3.68. The Morgan fingerprint density at radius 3 is 2.00 bits per heavy atom. The smallest absolute Gasteiger partial charge is 0.115 e. The van der Waals surface area contributed by atoms with Crippen molar-refractivity contribution in [3.8, 4) is 5.75 Å². The summed E-state index contributed by atoms with van der Waals surface area (Å²) in [5.74, 6) is 2.59. The van der Waals surface area contributed by atoms with E-state index in [0.29, 0.717) is 10.3 Å². The third-order valence-electron chi connectivity index (χ3n) is 1.80. The van der Waals surface area contributed by atoms with Crippen molar-refractivity contribution in [1.29, 1.82) is 0 Å². The van der Waals surface area contributed by atoms with Crippen LogP contribution in [0.3, 0.4) is 0 Å². The minimum absolute atomic E-state index is 0.343. The molecule has 1 aromatic rings. The van der Waals surface area contributed by atoms with E-state index in [-0.39, 0.29) is 0 Å². The maximum atomic E-state index is 9.18. The predicted octanol–water partition coefficient (Wildman–Crippen LogP) is 3.90. The van der Waals surface area contributed by atoms with Gasteiger partial charge in [-0.3, -0.25) is 0 Å². The summed E-state index contributed by atoms with van der Waals surface area (Å²) < 4.78 is 0.505. The summed E-state index contributed by atoms with van der Waals surface area (Å²) in [6.07, 6.45) is 0. The molecule has 0 fully saturated rings. The van der Waals surface area contributed by atoms with Crippen LogP contribution in [0, 0.1) is 0 Å². The lowest BCUT2D eigenvalue weighted by molar-refractivity contribution is 0.475.